The molecule has 0 aliphatic carbocycles. The van der Waals surface area contributed by atoms with Crippen LogP contribution in [0.3, 0.4) is 0 Å². The largest absolute Gasteiger partial charge is 0.469 e. The van der Waals surface area contributed by atoms with E-state index in [0.717, 1.165) is 5.70 Å². The van der Waals surface area contributed by atoms with Gasteiger partial charge in [-0.15, -0.1) is 0 Å². The molecule has 2 fully saturated rings. The molecule has 256 valence electrons. The zero-order chi connectivity index (χ0) is 35.0. The Kier molecular flexibility index (Phi) is 10.7. The first kappa shape index (κ1) is 37.3. The van der Waals surface area contributed by atoms with Crippen molar-refractivity contribution in [2.45, 2.75) is 117 Å². The van der Waals surface area contributed by atoms with Crippen molar-refractivity contribution in [1.29, 1.82) is 0 Å². The van der Waals surface area contributed by atoms with Crippen LogP contribution in [-0.2, 0) is 42.9 Å². The van der Waals surface area contributed by atoms with Crippen LogP contribution < -0.4 is 5.32 Å². The van der Waals surface area contributed by atoms with Gasteiger partial charge >= 0.3 is 23.9 Å². The minimum absolute atomic E-state index is 0.0261. The second-order valence-electron chi connectivity index (χ2n) is 15.1. The van der Waals surface area contributed by atoms with Gasteiger partial charge in [0.2, 0.25) is 0 Å². The van der Waals surface area contributed by atoms with E-state index in [9.17, 15) is 24.0 Å². The Bertz CT molecular complexity index is 1350. The van der Waals surface area contributed by atoms with E-state index in [1.165, 1.54) is 26.0 Å². The Balaban J connectivity index is 2.26. The number of esters is 4. The predicted octanol–water partition coefficient (Wildman–Crippen LogP) is 5.42. The second kappa shape index (κ2) is 13.2. The number of allylic oxidation sites excluding steroid dienone is 3. The average molecular weight is 663 g/mol. The van der Waals surface area contributed by atoms with Crippen molar-refractivity contribution in [2.24, 2.45) is 27.7 Å². The van der Waals surface area contributed by atoms with Crippen LogP contribution in [0.2, 0.25) is 0 Å². The molecule has 0 saturated carbocycles. The predicted molar refractivity (Wildman–Crippen MR) is 174 cm³/mol. The first-order chi connectivity index (χ1) is 21.0. The average Bonchev–Trinajstić information content (AvgIpc) is 3.34. The molecule has 4 unspecified atom stereocenters. The topological polar surface area (TPSA) is 147 Å². The normalized spacial score (nSPS) is 27.9. The van der Waals surface area contributed by atoms with E-state index in [0.29, 0.717) is 18.6 Å². The zero-order valence-corrected chi connectivity index (χ0v) is 30.1. The summed E-state index contributed by atoms with van der Waals surface area (Å²) in [5.41, 5.74) is -1.88. The number of thioether (sulfide) groups is 1. The van der Waals surface area contributed by atoms with Gasteiger partial charge in [0, 0.05) is 53.3 Å². The summed E-state index contributed by atoms with van der Waals surface area (Å²) in [6.07, 6.45) is 3.09. The number of nitrogens with one attached hydrogen (secondary N) is 1. The lowest BCUT2D eigenvalue weighted by Crippen LogP contribution is -2.42. The summed E-state index contributed by atoms with van der Waals surface area (Å²) in [5, 5.41) is 3.65. The van der Waals surface area contributed by atoms with Crippen LogP contribution in [0.25, 0.3) is 0 Å². The van der Waals surface area contributed by atoms with Gasteiger partial charge in [-0.3, -0.25) is 19.4 Å². The fourth-order valence-corrected chi connectivity index (χ4v) is 7.88. The molecule has 3 aliphatic rings. The smallest absolute Gasteiger partial charge is 0.348 e. The SMILES string of the molecule is COC(=O)CCC1C(=C(C(=O)OC(C)(C)C)C(=O)OC(C)(C)C)N=C(/C=C2\NC3(C)SC(=O)CC3(C)C2CCC(=O)OC)C1(C)C. The highest BCUT2D eigenvalue weighted by molar-refractivity contribution is 8.15. The summed E-state index contributed by atoms with van der Waals surface area (Å²) in [5.74, 6) is -3.30. The molecule has 3 heterocycles. The molecule has 0 radical (unpaired) electrons. The molecule has 4 atom stereocenters. The summed E-state index contributed by atoms with van der Waals surface area (Å²) < 4.78 is 21.2. The molecule has 3 aliphatic heterocycles. The minimum atomic E-state index is -0.909. The lowest BCUT2D eigenvalue weighted by atomic mass is 9.69. The summed E-state index contributed by atoms with van der Waals surface area (Å²) in [6.45, 7) is 18.2. The first-order valence-corrected chi connectivity index (χ1v) is 16.4. The van der Waals surface area contributed by atoms with Gasteiger partial charge in [0.25, 0.3) is 0 Å². The summed E-state index contributed by atoms with van der Waals surface area (Å²) in [6, 6.07) is 0. The van der Waals surface area contributed by atoms with E-state index in [4.69, 9.17) is 23.9 Å². The van der Waals surface area contributed by atoms with Gasteiger partial charge in [-0.25, -0.2) is 9.59 Å². The number of nitrogens with zero attached hydrogens (tertiary/aromatic N) is 1. The van der Waals surface area contributed by atoms with Gasteiger partial charge in [-0.1, -0.05) is 32.5 Å². The van der Waals surface area contributed by atoms with Crippen LogP contribution >= 0.6 is 11.8 Å². The Labute approximate surface area is 276 Å². The fraction of sp³-hybridized carbons (Fsp3) is 0.706. The molecule has 0 aromatic rings. The quantitative estimate of drug-likeness (QED) is 0.111. The number of aliphatic imine (C=N–C) groups is 1. The van der Waals surface area contributed by atoms with Gasteiger partial charge in [-0.2, -0.15) is 0 Å². The van der Waals surface area contributed by atoms with Crippen LogP contribution in [0.4, 0.5) is 0 Å². The van der Waals surface area contributed by atoms with Crippen molar-refractivity contribution in [2.75, 3.05) is 14.2 Å². The molecule has 46 heavy (non-hydrogen) atoms. The van der Waals surface area contributed by atoms with Crippen molar-refractivity contribution in [3.63, 3.8) is 0 Å². The van der Waals surface area contributed by atoms with E-state index < -0.39 is 50.7 Å². The maximum absolute atomic E-state index is 13.7. The summed E-state index contributed by atoms with van der Waals surface area (Å²) in [4.78, 5) is 68.9. The lowest BCUT2D eigenvalue weighted by molar-refractivity contribution is -0.158. The number of rotatable bonds is 9. The Morgan fingerprint density at radius 3 is 1.80 bits per heavy atom. The number of hydrogen-bond donors (Lipinski definition) is 1. The van der Waals surface area contributed by atoms with Crippen LogP contribution in [0.5, 0.6) is 0 Å². The highest BCUT2D eigenvalue weighted by atomic mass is 32.2. The number of hydrogen-bond acceptors (Lipinski definition) is 12. The number of carbonyl (C=O) groups is 5. The third-order valence-corrected chi connectivity index (χ3v) is 10.4. The highest BCUT2D eigenvalue weighted by Gasteiger charge is 2.63. The zero-order valence-electron chi connectivity index (χ0n) is 29.3. The van der Waals surface area contributed by atoms with Crippen LogP contribution in [0.15, 0.2) is 28.0 Å². The third kappa shape index (κ3) is 7.86. The molecule has 2 saturated heterocycles. The molecule has 11 nitrogen and oxygen atoms in total. The highest BCUT2D eigenvalue weighted by Crippen LogP contribution is 2.62. The van der Waals surface area contributed by atoms with Crippen molar-refractivity contribution >= 4 is 46.5 Å². The van der Waals surface area contributed by atoms with E-state index in [1.54, 1.807) is 41.5 Å². The van der Waals surface area contributed by atoms with Gasteiger partial charge < -0.3 is 24.3 Å². The molecule has 0 aromatic carbocycles. The van der Waals surface area contributed by atoms with Gasteiger partial charge in [0.05, 0.1) is 24.8 Å². The Morgan fingerprint density at radius 1 is 0.870 bits per heavy atom. The number of ether oxygens (including phenoxy) is 4. The summed E-state index contributed by atoms with van der Waals surface area (Å²) in [7, 11) is 2.65. The van der Waals surface area contributed by atoms with E-state index in [1.807, 2.05) is 26.8 Å². The number of methoxy groups -OCH3 is 2. The maximum atomic E-state index is 13.7. The van der Waals surface area contributed by atoms with Crippen LogP contribution in [-0.4, -0.2) is 65.0 Å². The van der Waals surface area contributed by atoms with Gasteiger partial charge in [0.1, 0.15) is 11.2 Å². The number of fused-ring (bicyclic) bond motifs is 1. The third-order valence-electron chi connectivity index (χ3n) is 9.03. The Morgan fingerprint density at radius 2 is 1.35 bits per heavy atom. The maximum Gasteiger partial charge on any atom is 0.348 e. The molecule has 0 amide bonds. The van der Waals surface area contributed by atoms with Crippen molar-refractivity contribution in [1.82, 2.24) is 5.32 Å². The van der Waals surface area contributed by atoms with Gasteiger partial charge in [-0.05, 0) is 67.4 Å². The van der Waals surface area contributed by atoms with Crippen LogP contribution in [0, 0.1) is 22.7 Å². The van der Waals surface area contributed by atoms with Gasteiger partial charge in [0.15, 0.2) is 10.7 Å². The molecular weight excluding hydrogens is 612 g/mol. The van der Waals surface area contributed by atoms with E-state index in [2.05, 4.69) is 12.2 Å². The van der Waals surface area contributed by atoms with Crippen molar-refractivity contribution in [3.8, 4) is 0 Å². The fourth-order valence-electron chi connectivity index (χ4n) is 6.43. The van der Waals surface area contributed by atoms with Crippen molar-refractivity contribution < 1.29 is 42.9 Å². The molecule has 0 aromatic heterocycles. The first-order valence-electron chi connectivity index (χ1n) is 15.6. The van der Waals surface area contributed by atoms with E-state index >= 15 is 0 Å². The number of carbonyl (C=O) groups excluding carboxylic acids is 5. The summed E-state index contributed by atoms with van der Waals surface area (Å²) >= 11 is 1.25. The molecule has 0 spiro atoms. The molecular formula is C34H50N2O9S. The monoisotopic (exact) mass is 662 g/mol. The molecule has 12 heteroatoms. The molecule has 0 bridgehead atoms. The minimum Gasteiger partial charge on any atom is -0.469 e. The molecule has 1 N–H and O–H groups in total. The standard InChI is InChI=1S/C34H50N2O9S/c1-30(2,3)44-28(40)26(29(41)45-31(4,5)6)27-20(14-16-24(38)43-12)32(7,8)22(35-27)17-21-19(13-15-23(37)42-11)33(9)18-25(39)46-34(33,10)36-21/h17,19-20,36H,13-16,18H2,1-12H3/b21-17-. The van der Waals surface area contributed by atoms with Crippen LogP contribution in [0.1, 0.15) is 101 Å². The molecule has 3 rings (SSSR count). The lowest BCUT2D eigenvalue weighted by Gasteiger charge is -2.35. The van der Waals surface area contributed by atoms with E-state index in [-0.39, 0.29) is 47.5 Å². The van der Waals surface area contributed by atoms with Crippen molar-refractivity contribution in [3.05, 3.63) is 23.0 Å². The second-order valence-corrected chi connectivity index (χ2v) is 16.6. The Hall–Kier alpha value is -3.15.